The van der Waals surface area contributed by atoms with Gasteiger partial charge in [-0.25, -0.2) is 0 Å². The van der Waals surface area contributed by atoms with Crippen molar-refractivity contribution in [3.05, 3.63) is 12.3 Å². The van der Waals surface area contributed by atoms with Crippen LogP contribution in [0.4, 0.5) is 0 Å². The standard InChI is InChI=1S/C7H11N/c1-3-5-7-8-6-4-2/h1,5,7-8H,4,6H2,2H3/b7-5+. The normalized spacial score (nSPS) is 9.00. The monoisotopic (exact) mass is 109 g/mol. The number of rotatable bonds is 3. The van der Waals surface area contributed by atoms with E-state index in [-0.39, 0.29) is 0 Å². The second kappa shape index (κ2) is 6.10. The van der Waals surface area contributed by atoms with E-state index in [0.717, 1.165) is 13.0 Å². The highest BCUT2D eigenvalue weighted by Gasteiger charge is 1.69. The Bertz CT molecular complexity index is 97.4. The molecule has 1 heteroatoms. The van der Waals surface area contributed by atoms with Gasteiger partial charge < -0.3 is 5.32 Å². The van der Waals surface area contributed by atoms with Crippen LogP contribution in [0.1, 0.15) is 13.3 Å². The highest BCUT2D eigenvalue weighted by atomic mass is 14.8. The molecule has 0 bridgehead atoms. The predicted molar refractivity (Wildman–Crippen MR) is 36.3 cm³/mol. The number of allylic oxidation sites excluding steroid dienone is 1. The number of terminal acetylenes is 1. The Labute approximate surface area is 50.8 Å². The summed E-state index contributed by atoms with van der Waals surface area (Å²) >= 11 is 0. The molecular formula is C7H11N. The van der Waals surface area contributed by atoms with E-state index < -0.39 is 0 Å². The maximum Gasteiger partial charge on any atom is 0.0139 e. The van der Waals surface area contributed by atoms with Gasteiger partial charge in [-0.3, -0.25) is 0 Å². The molecule has 1 N–H and O–H groups in total. The minimum absolute atomic E-state index is 0.998. The van der Waals surface area contributed by atoms with Crippen molar-refractivity contribution >= 4 is 0 Å². The van der Waals surface area contributed by atoms with Crippen molar-refractivity contribution in [2.24, 2.45) is 0 Å². The molecule has 0 atom stereocenters. The molecule has 0 aliphatic heterocycles. The van der Waals surface area contributed by atoms with Gasteiger partial charge in [-0.1, -0.05) is 12.8 Å². The van der Waals surface area contributed by atoms with Crippen LogP contribution in [0.3, 0.4) is 0 Å². The van der Waals surface area contributed by atoms with Crippen LogP contribution >= 0.6 is 0 Å². The van der Waals surface area contributed by atoms with Crippen LogP contribution in [-0.4, -0.2) is 6.54 Å². The number of hydrogen-bond donors (Lipinski definition) is 1. The Morgan fingerprint density at radius 1 is 1.75 bits per heavy atom. The van der Waals surface area contributed by atoms with E-state index in [1.807, 2.05) is 0 Å². The Kier molecular flexibility index (Phi) is 5.41. The molecule has 0 unspecified atom stereocenters. The van der Waals surface area contributed by atoms with Crippen LogP contribution in [0.2, 0.25) is 0 Å². The summed E-state index contributed by atoms with van der Waals surface area (Å²) in [6.07, 6.45) is 9.50. The predicted octanol–water partition coefficient (Wildman–Crippen LogP) is 1.13. The number of nitrogens with one attached hydrogen (secondary N) is 1. The molecule has 0 aromatic rings. The van der Waals surface area contributed by atoms with E-state index >= 15 is 0 Å². The second-order valence-electron chi connectivity index (χ2n) is 1.45. The van der Waals surface area contributed by atoms with Gasteiger partial charge in [-0.2, -0.15) is 0 Å². The molecule has 0 radical (unpaired) electrons. The lowest BCUT2D eigenvalue weighted by Gasteiger charge is -1.90. The summed E-state index contributed by atoms with van der Waals surface area (Å²) < 4.78 is 0. The minimum Gasteiger partial charge on any atom is -0.390 e. The highest BCUT2D eigenvalue weighted by Crippen LogP contribution is 1.68. The Hall–Kier alpha value is -0.900. The van der Waals surface area contributed by atoms with Crippen LogP contribution in [0.5, 0.6) is 0 Å². The average Bonchev–Trinajstić information content (AvgIpc) is 1.81. The van der Waals surface area contributed by atoms with Gasteiger partial charge in [0.25, 0.3) is 0 Å². The van der Waals surface area contributed by atoms with Gasteiger partial charge in [0.15, 0.2) is 0 Å². The van der Waals surface area contributed by atoms with E-state index in [1.165, 1.54) is 0 Å². The lowest BCUT2D eigenvalue weighted by Crippen LogP contribution is -2.04. The van der Waals surface area contributed by atoms with Crippen molar-refractivity contribution < 1.29 is 0 Å². The van der Waals surface area contributed by atoms with Crippen LogP contribution < -0.4 is 5.32 Å². The lowest BCUT2D eigenvalue weighted by atomic mass is 10.5. The van der Waals surface area contributed by atoms with Crippen molar-refractivity contribution in [3.8, 4) is 12.3 Å². The summed E-state index contributed by atoms with van der Waals surface area (Å²) in [7, 11) is 0. The van der Waals surface area contributed by atoms with E-state index in [0.29, 0.717) is 0 Å². The zero-order chi connectivity index (χ0) is 6.24. The van der Waals surface area contributed by atoms with Crippen molar-refractivity contribution in [2.45, 2.75) is 13.3 Å². The molecule has 0 heterocycles. The molecule has 0 aliphatic rings. The van der Waals surface area contributed by atoms with E-state index in [9.17, 15) is 0 Å². The molecule has 0 aliphatic carbocycles. The zero-order valence-electron chi connectivity index (χ0n) is 5.15. The third-order valence-corrected chi connectivity index (χ3v) is 0.692. The third-order valence-electron chi connectivity index (χ3n) is 0.692. The SMILES string of the molecule is C#C/C=C/NCCC. The third kappa shape index (κ3) is 5.10. The summed E-state index contributed by atoms with van der Waals surface area (Å²) in [5, 5.41) is 3.01. The first-order valence-electron chi connectivity index (χ1n) is 2.76. The van der Waals surface area contributed by atoms with Crippen molar-refractivity contribution in [2.75, 3.05) is 6.54 Å². The summed E-state index contributed by atoms with van der Waals surface area (Å²) in [4.78, 5) is 0. The van der Waals surface area contributed by atoms with E-state index in [1.54, 1.807) is 12.3 Å². The van der Waals surface area contributed by atoms with E-state index in [4.69, 9.17) is 6.42 Å². The van der Waals surface area contributed by atoms with Crippen molar-refractivity contribution in [1.29, 1.82) is 0 Å². The van der Waals surface area contributed by atoms with Gasteiger partial charge in [0.1, 0.15) is 0 Å². The fraction of sp³-hybridized carbons (Fsp3) is 0.429. The molecule has 0 saturated heterocycles. The topological polar surface area (TPSA) is 12.0 Å². The van der Waals surface area contributed by atoms with Crippen LogP contribution in [0.15, 0.2) is 12.3 Å². The van der Waals surface area contributed by atoms with Gasteiger partial charge >= 0.3 is 0 Å². The largest absolute Gasteiger partial charge is 0.390 e. The maximum atomic E-state index is 4.93. The molecule has 0 spiro atoms. The van der Waals surface area contributed by atoms with Gasteiger partial charge in [-0.15, -0.1) is 6.42 Å². The maximum absolute atomic E-state index is 4.93. The molecule has 44 valence electrons. The van der Waals surface area contributed by atoms with Gasteiger partial charge in [0.2, 0.25) is 0 Å². The molecule has 8 heavy (non-hydrogen) atoms. The molecule has 0 saturated carbocycles. The zero-order valence-corrected chi connectivity index (χ0v) is 5.15. The van der Waals surface area contributed by atoms with Crippen LogP contribution in [0.25, 0.3) is 0 Å². The molecule has 0 rings (SSSR count). The van der Waals surface area contributed by atoms with Crippen LogP contribution in [0, 0.1) is 12.3 Å². The first-order chi connectivity index (χ1) is 3.91. The Morgan fingerprint density at radius 3 is 3.00 bits per heavy atom. The van der Waals surface area contributed by atoms with E-state index in [2.05, 4.69) is 18.2 Å². The fourth-order valence-electron chi connectivity index (χ4n) is 0.335. The first-order valence-corrected chi connectivity index (χ1v) is 2.76. The summed E-state index contributed by atoms with van der Waals surface area (Å²) in [5.74, 6) is 2.38. The fourth-order valence-corrected chi connectivity index (χ4v) is 0.335. The molecule has 0 amide bonds. The van der Waals surface area contributed by atoms with Crippen LogP contribution in [-0.2, 0) is 0 Å². The molecule has 0 aromatic heterocycles. The van der Waals surface area contributed by atoms with Gasteiger partial charge in [0.05, 0.1) is 0 Å². The summed E-state index contributed by atoms with van der Waals surface area (Å²) in [6.45, 7) is 3.11. The van der Waals surface area contributed by atoms with Crippen molar-refractivity contribution in [1.82, 2.24) is 5.32 Å². The second-order valence-corrected chi connectivity index (χ2v) is 1.45. The molecule has 0 fully saturated rings. The smallest absolute Gasteiger partial charge is 0.0139 e. The molecular weight excluding hydrogens is 98.1 g/mol. The average molecular weight is 109 g/mol. The summed E-state index contributed by atoms with van der Waals surface area (Å²) in [6, 6.07) is 0. The lowest BCUT2D eigenvalue weighted by molar-refractivity contribution is 0.810. The summed E-state index contributed by atoms with van der Waals surface area (Å²) in [5.41, 5.74) is 0. The Balaban J connectivity index is 2.94. The van der Waals surface area contributed by atoms with Gasteiger partial charge in [0, 0.05) is 18.8 Å². The minimum atomic E-state index is 0.998. The van der Waals surface area contributed by atoms with Crippen molar-refractivity contribution in [3.63, 3.8) is 0 Å². The molecule has 0 aromatic carbocycles. The first kappa shape index (κ1) is 7.10. The highest BCUT2D eigenvalue weighted by molar-refractivity contribution is 5.07. The van der Waals surface area contributed by atoms with Gasteiger partial charge in [-0.05, 0) is 6.42 Å². The number of hydrogen-bond acceptors (Lipinski definition) is 1. The quantitative estimate of drug-likeness (QED) is 0.423. The molecule has 1 nitrogen and oxygen atoms in total. The Morgan fingerprint density at radius 2 is 2.50 bits per heavy atom.